The second-order valence-corrected chi connectivity index (χ2v) is 6.42. The molecule has 0 aliphatic carbocycles. The number of benzene rings is 2. The van der Waals surface area contributed by atoms with Crippen LogP contribution in [0.3, 0.4) is 0 Å². The third-order valence-electron chi connectivity index (χ3n) is 4.08. The number of rotatable bonds is 7. The molecule has 0 aromatic heterocycles. The van der Waals surface area contributed by atoms with E-state index in [4.69, 9.17) is 16.3 Å². The number of amides is 2. The van der Waals surface area contributed by atoms with Crippen molar-refractivity contribution in [1.29, 1.82) is 0 Å². The lowest BCUT2D eigenvalue weighted by atomic mass is 10.1. The van der Waals surface area contributed by atoms with E-state index >= 15 is 0 Å². The molecule has 2 aromatic rings. The van der Waals surface area contributed by atoms with Crippen molar-refractivity contribution < 1.29 is 14.3 Å². The van der Waals surface area contributed by atoms with Crippen molar-refractivity contribution in [2.75, 3.05) is 13.7 Å². The molecule has 2 amide bonds. The van der Waals surface area contributed by atoms with Crippen LogP contribution in [0.15, 0.2) is 48.5 Å². The second-order valence-electron chi connectivity index (χ2n) is 6.02. The minimum absolute atomic E-state index is 0.197. The zero-order valence-corrected chi connectivity index (χ0v) is 15.9. The Bertz CT molecular complexity index is 762. The molecule has 1 N–H and O–H groups in total. The zero-order chi connectivity index (χ0) is 19.1. The zero-order valence-electron chi connectivity index (χ0n) is 15.2. The Morgan fingerprint density at radius 3 is 2.42 bits per heavy atom. The molecule has 26 heavy (non-hydrogen) atoms. The molecule has 0 saturated heterocycles. The van der Waals surface area contributed by atoms with Crippen molar-refractivity contribution in [1.82, 2.24) is 10.2 Å². The highest BCUT2D eigenvalue weighted by atomic mass is 35.5. The highest BCUT2D eigenvalue weighted by Gasteiger charge is 2.26. The lowest BCUT2D eigenvalue weighted by molar-refractivity contribution is -0.142. The number of ether oxygens (including phenoxy) is 1. The van der Waals surface area contributed by atoms with E-state index in [2.05, 4.69) is 5.32 Å². The lowest BCUT2D eigenvalue weighted by Crippen LogP contribution is -2.48. The van der Waals surface area contributed by atoms with E-state index in [-0.39, 0.29) is 18.4 Å². The molecule has 0 radical (unpaired) electrons. The van der Waals surface area contributed by atoms with Gasteiger partial charge < -0.3 is 15.0 Å². The Morgan fingerprint density at radius 1 is 1.15 bits per heavy atom. The number of nitrogens with zero attached hydrogens (tertiary/aromatic N) is 1. The smallest absolute Gasteiger partial charge is 0.261 e. The van der Waals surface area contributed by atoms with Crippen LogP contribution in [0.1, 0.15) is 18.1 Å². The SMILES string of the molecule is CNC(=O)[C@H](C)N(Cc1ccc(C)cc1)C(=O)COc1ccccc1Cl. The molecule has 0 fully saturated rings. The molecule has 1 atom stereocenters. The van der Waals surface area contributed by atoms with E-state index in [0.717, 1.165) is 11.1 Å². The summed E-state index contributed by atoms with van der Waals surface area (Å²) >= 11 is 6.05. The summed E-state index contributed by atoms with van der Waals surface area (Å²) in [5.41, 5.74) is 2.07. The van der Waals surface area contributed by atoms with Crippen LogP contribution in [0.2, 0.25) is 5.02 Å². The van der Waals surface area contributed by atoms with E-state index in [9.17, 15) is 9.59 Å². The number of hydrogen-bond acceptors (Lipinski definition) is 3. The molecule has 0 unspecified atom stereocenters. The fraction of sp³-hybridized carbons (Fsp3) is 0.300. The number of likely N-dealkylation sites (N-methyl/N-ethyl adjacent to an activating group) is 1. The van der Waals surface area contributed by atoms with Gasteiger partial charge in [0, 0.05) is 13.6 Å². The summed E-state index contributed by atoms with van der Waals surface area (Å²) in [6.07, 6.45) is 0. The number of carbonyl (C=O) groups is 2. The number of aryl methyl sites for hydroxylation is 1. The summed E-state index contributed by atoms with van der Waals surface area (Å²) in [4.78, 5) is 26.3. The number of hydrogen-bond donors (Lipinski definition) is 1. The van der Waals surface area contributed by atoms with Gasteiger partial charge in [0.1, 0.15) is 11.8 Å². The van der Waals surface area contributed by atoms with Crippen molar-refractivity contribution >= 4 is 23.4 Å². The van der Waals surface area contributed by atoms with Crippen molar-refractivity contribution in [3.05, 3.63) is 64.7 Å². The van der Waals surface area contributed by atoms with Gasteiger partial charge in [0.2, 0.25) is 5.91 Å². The molecular weight excluding hydrogens is 352 g/mol. The third-order valence-corrected chi connectivity index (χ3v) is 4.39. The van der Waals surface area contributed by atoms with Gasteiger partial charge in [-0.3, -0.25) is 9.59 Å². The highest BCUT2D eigenvalue weighted by molar-refractivity contribution is 6.32. The molecule has 0 saturated carbocycles. The van der Waals surface area contributed by atoms with E-state index in [1.165, 1.54) is 4.90 Å². The van der Waals surface area contributed by atoms with Crippen molar-refractivity contribution in [2.45, 2.75) is 26.4 Å². The molecule has 0 bridgehead atoms. The molecule has 2 aromatic carbocycles. The van der Waals surface area contributed by atoms with Crippen LogP contribution < -0.4 is 10.1 Å². The monoisotopic (exact) mass is 374 g/mol. The first-order valence-corrected chi connectivity index (χ1v) is 8.74. The molecule has 0 heterocycles. The molecule has 2 rings (SSSR count). The minimum Gasteiger partial charge on any atom is -0.482 e. The first-order valence-electron chi connectivity index (χ1n) is 8.36. The van der Waals surface area contributed by atoms with Gasteiger partial charge in [0.05, 0.1) is 5.02 Å². The lowest BCUT2D eigenvalue weighted by Gasteiger charge is -2.28. The Labute approximate surface area is 158 Å². The third kappa shape index (κ3) is 5.23. The number of carbonyl (C=O) groups excluding carboxylic acids is 2. The first-order chi connectivity index (χ1) is 12.4. The van der Waals surface area contributed by atoms with Gasteiger partial charge in [0.15, 0.2) is 6.61 Å². The first kappa shape index (κ1) is 19.8. The van der Waals surface area contributed by atoms with Gasteiger partial charge in [-0.25, -0.2) is 0 Å². The average molecular weight is 375 g/mol. The Hall–Kier alpha value is -2.53. The molecule has 0 aliphatic heterocycles. The number of para-hydroxylation sites is 1. The predicted octanol–water partition coefficient (Wildman–Crippen LogP) is 3.19. The summed E-state index contributed by atoms with van der Waals surface area (Å²) < 4.78 is 5.55. The average Bonchev–Trinajstić information content (AvgIpc) is 2.65. The quantitative estimate of drug-likeness (QED) is 0.809. The van der Waals surface area contributed by atoms with Crippen LogP contribution in [-0.4, -0.2) is 36.4 Å². The molecule has 0 aliphatic rings. The van der Waals surface area contributed by atoms with Gasteiger partial charge in [-0.2, -0.15) is 0 Å². The topological polar surface area (TPSA) is 58.6 Å². The number of halogens is 1. The van der Waals surface area contributed by atoms with Crippen LogP contribution >= 0.6 is 11.6 Å². The second kappa shape index (κ2) is 9.25. The van der Waals surface area contributed by atoms with Crippen LogP contribution in [0.4, 0.5) is 0 Å². The maximum Gasteiger partial charge on any atom is 0.261 e. The molecule has 6 heteroatoms. The van der Waals surface area contributed by atoms with E-state index in [1.807, 2.05) is 31.2 Å². The van der Waals surface area contributed by atoms with Crippen LogP contribution in [0.25, 0.3) is 0 Å². The van der Waals surface area contributed by atoms with Gasteiger partial charge in [-0.15, -0.1) is 0 Å². The van der Waals surface area contributed by atoms with Crippen molar-refractivity contribution in [2.24, 2.45) is 0 Å². The minimum atomic E-state index is -0.622. The summed E-state index contributed by atoms with van der Waals surface area (Å²) in [6.45, 7) is 3.81. The normalized spacial score (nSPS) is 11.5. The fourth-order valence-electron chi connectivity index (χ4n) is 2.47. The van der Waals surface area contributed by atoms with Crippen LogP contribution in [0, 0.1) is 6.92 Å². The van der Waals surface area contributed by atoms with Crippen LogP contribution in [-0.2, 0) is 16.1 Å². The molecular formula is C20H23ClN2O3. The Kier molecular flexibility index (Phi) is 7.04. The maximum atomic E-state index is 12.7. The summed E-state index contributed by atoms with van der Waals surface area (Å²) in [6, 6.07) is 14.2. The van der Waals surface area contributed by atoms with E-state index in [0.29, 0.717) is 17.3 Å². The molecule has 5 nitrogen and oxygen atoms in total. The summed E-state index contributed by atoms with van der Waals surface area (Å²) in [5.74, 6) is -0.0878. The molecule has 0 spiro atoms. The maximum absolute atomic E-state index is 12.7. The molecule has 138 valence electrons. The largest absolute Gasteiger partial charge is 0.482 e. The Balaban J connectivity index is 2.13. The number of nitrogens with one attached hydrogen (secondary N) is 1. The van der Waals surface area contributed by atoms with Gasteiger partial charge in [-0.1, -0.05) is 53.6 Å². The highest BCUT2D eigenvalue weighted by Crippen LogP contribution is 2.23. The van der Waals surface area contributed by atoms with Gasteiger partial charge >= 0.3 is 0 Å². The summed E-state index contributed by atoms with van der Waals surface area (Å²) in [5, 5.41) is 3.02. The fourth-order valence-corrected chi connectivity index (χ4v) is 2.66. The van der Waals surface area contributed by atoms with Gasteiger partial charge in [-0.05, 0) is 31.5 Å². The Morgan fingerprint density at radius 2 is 1.81 bits per heavy atom. The van der Waals surface area contributed by atoms with E-state index < -0.39 is 6.04 Å². The van der Waals surface area contributed by atoms with Crippen molar-refractivity contribution in [3.8, 4) is 5.75 Å². The van der Waals surface area contributed by atoms with Gasteiger partial charge in [0.25, 0.3) is 5.91 Å². The predicted molar refractivity (Wildman–Crippen MR) is 102 cm³/mol. The van der Waals surface area contributed by atoms with E-state index in [1.54, 1.807) is 38.2 Å². The standard InChI is InChI=1S/C20H23ClN2O3/c1-14-8-10-16(11-9-14)12-23(15(2)20(25)22-3)19(24)13-26-18-7-5-4-6-17(18)21/h4-11,15H,12-13H2,1-3H3,(H,22,25)/t15-/m0/s1. The van der Waals surface area contributed by atoms with Crippen LogP contribution in [0.5, 0.6) is 5.75 Å². The van der Waals surface area contributed by atoms with Crippen molar-refractivity contribution in [3.63, 3.8) is 0 Å². The summed E-state index contributed by atoms with van der Waals surface area (Å²) in [7, 11) is 1.55.